The van der Waals surface area contributed by atoms with Gasteiger partial charge in [0.1, 0.15) is 5.82 Å². The summed E-state index contributed by atoms with van der Waals surface area (Å²) < 4.78 is 40.7. The highest BCUT2D eigenvalue weighted by Gasteiger charge is 2.32. The van der Waals surface area contributed by atoms with E-state index in [2.05, 4.69) is 17.3 Å². The molecule has 1 aromatic carbocycles. The van der Waals surface area contributed by atoms with Crippen LogP contribution in [0.3, 0.4) is 0 Å². The number of rotatable bonds is 3. The average Bonchev–Trinajstić information content (AvgIpc) is 2.71. The minimum absolute atomic E-state index is 0.252. The highest BCUT2D eigenvalue weighted by atomic mass is 35.5. The van der Waals surface area contributed by atoms with Crippen molar-refractivity contribution >= 4 is 17.4 Å². The van der Waals surface area contributed by atoms with Crippen molar-refractivity contribution < 1.29 is 13.2 Å². The van der Waals surface area contributed by atoms with E-state index in [9.17, 15) is 13.2 Å². The molecule has 0 saturated carbocycles. The second-order valence-electron chi connectivity index (χ2n) is 5.98. The standard InChI is InChI=1S/C17H19ClF3N3/c1-2-5-14-12-6-3-4-9-22-16(12)24(23-14)15-10-11(17(19,20)21)7-8-13(15)18/h7-8,10,22H,2-6,9H2,1H3. The van der Waals surface area contributed by atoms with E-state index in [-0.39, 0.29) is 10.7 Å². The molecule has 0 bridgehead atoms. The number of nitrogens with one attached hydrogen (secondary N) is 1. The Labute approximate surface area is 143 Å². The van der Waals surface area contributed by atoms with Crippen molar-refractivity contribution in [3.05, 3.63) is 40.0 Å². The van der Waals surface area contributed by atoms with Crippen molar-refractivity contribution in [3.8, 4) is 5.69 Å². The molecule has 1 aliphatic heterocycles. The van der Waals surface area contributed by atoms with Crippen LogP contribution in [-0.4, -0.2) is 16.3 Å². The predicted molar refractivity (Wildman–Crippen MR) is 89.0 cm³/mol. The largest absolute Gasteiger partial charge is 0.416 e. The third-order valence-electron chi connectivity index (χ3n) is 4.20. The van der Waals surface area contributed by atoms with Gasteiger partial charge in [-0.25, -0.2) is 4.68 Å². The van der Waals surface area contributed by atoms with Crippen LogP contribution in [0.5, 0.6) is 0 Å². The van der Waals surface area contributed by atoms with E-state index in [1.54, 1.807) is 4.68 Å². The number of hydrogen-bond acceptors (Lipinski definition) is 2. The van der Waals surface area contributed by atoms with E-state index in [4.69, 9.17) is 11.6 Å². The summed E-state index contributed by atoms with van der Waals surface area (Å²) in [6.07, 6.45) is 0.264. The maximum atomic E-state index is 13.1. The van der Waals surface area contributed by atoms with Crippen LogP contribution >= 0.6 is 11.6 Å². The molecule has 0 fully saturated rings. The van der Waals surface area contributed by atoms with E-state index < -0.39 is 11.7 Å². The molecule has 3 nitrogen and oxygen atoms in total. The van der Waals surface area contributed by atoms with Gasteiger partial charge in [-0.3, -0.25) is 0 Å². The average molecular weight is 358 g/mol. The first-order chi connectivity index (χ1) is 11.4. The summed E-state index contributed by atoms with van der Waals surface area (Å²) in [5.74, 6) is 0.775. The monoisotopic (exact) mass is 357 g/mol. The molecule has 0 aliphatic carbocycles. The topological polar surface area (TPSA) is 29.9 Å². The van der Waals surface area contributed by atoms with Gasteiger partial charge in [0.25, 0.3) is 0 Å². The van der Waals surface area contributed by atoms with Gasteiger partial charge in [0.05, 0.1) is 22.0 Å². The number of benzene rings is 1. The van der Waals surface area contributed by atoms with Crippen LogP contribution in [0, 0.1) is 0 Å². The van der Waals surface area contributed by atoms with Gasteiger partial charge in [-0.15, -0.1) is 0 Å². The maximum Gasteiger partial charge on any atom is 0.416 e. The van der Waals surface area contributed by atoms with Crippen molar-refractivity contribution in [1.29, 1.82) is 0 Å². The molecular formula is C17H19ClF3N3. The fourth-order valence-electron chi connectivity index (χ4n) is 3.04. The lowest BCUT2D eigenvalue weighted by Crippen LogP contribution is -2.10. The number of fused-ring (bicyclic) bond motifs is 1. The van der Waals surface area contributed by atoms with E-state index in [1.807, 2.05) is 0 Å². The Kier molecular flexibility index (Phi) is 4.76. The second-order valence-corrected chi connectivity index (χ2v) is 6.39. The normalized spacial score (nSPS) is 14.9. The third kappa shape index (κ3) is 3.24. The summed E-state index contributed by atoms with van der Waals surface area (Å²) >= 11 is 6.19. The lowest BCUT2D eigenvalue weighted by atomic mass is 10.1. The molecule has 0 radical (unpaired) electrons. The zero-order valence-electron chi connectivity index (χ0n) is 13.4. The fourth-order valence-corrected chi connectivity index (χ4v) is 3.23. The van der Waals surface area contributed by atoms with Gasteiger partial charge in [-0.1, -0.05) is 24.9 Å². The molecule has 24 heavy (non-hydrogen) atoms. The number of halogens is 4. The minimum atomic E-state index is -4.41. The van der Waals surface area contributed by atoms with Crippen molar-refractivity contribution in [2.45, 2.75) is 45.2 Å². The van der Waals surface area contributed by atoms with Crippen LogP contribution < -0.4 is 5.32 Å². The molecule has 3 rings (SSSR count). The molecule has 0 saturated heterocycles. The second kappa shape index (κ2) is 6.67. The van der Waals surface area contributed by atoms with E-state index >= 15 is 0 Å². The molecule has 0 spiro atoms. The van der Waals surface area contributed by atoms with Gasteiger partial charge in [0, 0.05) is 12.1 Å². The van der Waals surface area contributed by atoms with Crippen LogP contribution in [0.2, 0.25) is 5.02 Å². The number of anilines is 1. The zero-order valence-corrected chi connectivity index (χ0v) is 14.1. The molecule has 7 heteroatoms. The third-order valence-corrected chi connectivity index (χ3v) is 4.52. The lowest BCUT2D eigenvalue weighted by molar-refractivity contribution is -0.137. The number of aryl methyl sites for hydroxylation is 1. The maximum absolute atomic E-state index is 13.1. The molecule has 1 N–H and O–H groups in total. The Morgan fingerprint density at radius 2 is 2.08 bits per heavy atom. The number of alkyl halides is 3. The van der Waals surface area contributed by atoms with Gasteiger partial charge in [0.15, 0.2) is 0 Å². The predicted octanol–water partition coefficient (Wildman–Crippen LogP) is 5.25. The van der Waals surface area contributed by atoms with Crippen LogP contribution in [0.4, 0.5) is 19.0 Å². The number of hydrogen-bond donors (Lipinski definition) is 1. The Morgan fingerprint density at radius 3 is 2.79 bits per heavy atom. The van der Waals surface area contributed by atoms with Crippen LogP contribution in [0.25, 0.3) is 5.69 Å². The molecule has 1 aliphatic rings. The fraction of sp³-hybridized carbons (Fsp3) is 0.471. The van der Waals surface area contributed by atoms with E-state index in [0.29, 0.717) is 0 Å². The van der Waals surface area contributed by atoms with Gasteiger partial charge in [-0.05, 0) is 43.9 Å². The summed E-state index contributed by atoms with van der Waals surface area (Å²) in [4.78, 5) is 0. The Hall–Kier alpha value is -1.69. The summed E-state index contributed by atoms with van der Waals surface area (Å²) in [6.45, 7) is 2.84. The summed E-state index contributed by atoms with van der Waals surface area (Å²) in [5.41, 5.74) is 1.58. The highest BCUT2D eigenvalue weighted by Crippen LogP contribution is 2.36. The molecule has 2 heterocycles. The van der Waals surface area contributed by atoms with Crippen LogP contribution in [-0.2, 0) is 19.0 Å². The minimum Gasteiger partial charge on any atom is -0.370 e. The first-order valence-corrected chi connectivity index (χ1v) is 8.51. The summed E-state index contributed by atoms with van der Waals surface area (Å²) in [5, 5.41) is 8.15. The number of nitrogens with zero attached hydrogens (tertiary/aromatic N) is 2. The van der Waals surface area contributed by atoms with Gasteiger partial charge >= 0.3 is 6.18 Å². The van der Waals surface area contributed by atoms with Gasteiger partial charge < -0.3 is 5.32 Å². The first-order valence-electron chi connectivity index (χ1n) is 8.13. The van der Waals surface area contributed by atoms with Gasteiger partial charge in [0.2, 0.25) is 0 Å². The quantitative estimate of drug-likeness (QED) is 0.813. The van der Waals surface area contributed by atoms with E-state index in [1.165, 1.54) is 6.07 Å². The Morgan fingerprint density at radius 1 is 1.29 bits per heavy atom. The SMILES string of the molecule is CCCc1nn(-c2cc(C(F)(F)F)ccc2Cl)c2c1CCCCN2. The smallest absolute Gasteiger partial charge is 0.370 e. The lowest BCUT2D eigenvalue weighted by Gasteiger charge is -2.13. The molecule has 0 amide bonds. The summed E-state index contributed by atoms with van der Waals surface area (Å²) in [7, 11) is 0. The van der Waals surface area contributed by atoms with Crippen molar-refractivity contribution in [3.63, 3.8) is 0 Å². The Bertz CT molecular complexity index is 737. The molecule has 0 unspecified atom stereocenters. The molecule has 2 aromatic rings. The molecular weight excluding hydrogens is 339 g/mol. The Balaban J connectivity index is 2.16. The van der Waals surface area contributed by atoms with Crippen LogP contribution in [0.1, 0.15) is 43.0 Å². The number of aromatic nitrogens is 2. The zero-order chi connectivity index (χ0) is 17.3. The van der Waals surface area contributed by atoms with E-state index in [0.717, 1.165) is 67.9 Å². The molecule has 1 aromatic heterocycles. The van der Waals surface area contributed by atoms with Crippen molar-refractivity contribution in [1.82, 2.24) is 9.78 Å². The highest BCUT2D eigenvalue weighted by molar-refractivity contribution is 6.32. The molecule has 0 atom stereocenters. The molecule has 130 valence electrons. The first kappa shape index (κ1) is 17.1. The van der Waals surface area contributed by atoms with Crippen molar-refractivity contribution in [2.75, 3.05) is 11.9 Å². The summed E-state index contributed by atoms with van der Waals surface area (Å²) in [6, 6.07) is 3.34. The van der Waals surface area contributed by atoms with Crippen LogP contribution in [0.15, 0.2) is 18.2 Å². The van der Waals surface area contributed by atoms with Gasteiger partial charge in [-0.2, -0.15) is 18.3 Å². The van der Waals surface area contributed by atoms with Crippen molar-refractivity contribution in [2.24, 2.45) is 0 Å².